The summed E-state index contributed by atoms with van der Waals surface area (Å²) in [7, 11) is 0. The molecule has 0 aromatic rings. The van der Waals surface area contributed by atoms with Gasteiger partial charge in [-0.15, -0.1) is 13.2 Å². The van der Waals surface area contributed by atoms with E-state index in [2.05, 4.69) is 20.1 Å². The van der Waals surface area contributed by atoms with Crippen LogP contribution in [0.3, 0.4) is 0 Å². The molecule has 1 rings (SSSR count). The van der Waals surface area contributed by atoms with Crippen molar-refractivity contribution in [1.82, 2.24) is 0 Å². The highest BCUT2D eigenvalue weighted by Crippen LogP contribution is 2.53. The summed E-state index contributed by atoms with van der Waals surface area (Å²) in [5, 5.41) is 0. The lowest BCUT2D eigenvalue weighted by Gasteiger charge is -1.96. The maximum atomic E-state index is 3.74. The van der Waals surface area contributed by atoms with Gasteiger partial charge in [-0.3, -0.25) is 0 Å². The minimum Gasteiger partial charge on any atom is -0.103 e. The highest BCUT2D eigenvalue weighted by atomic mass is 14.5. The highest BCUT2D eigenvalue weighted by molar-refractivity contribution is 5.15. The summed E-state index contributed by atoms with van der Waals surface area (Å²) in [5.74, 6) is 0.708. The van der Waals surface area contributed by atoms with Gasteiger partial charge in [-0.1, -0.05) is 19.1 Å². The molecule has 1 fully saturated rings. The van der Waals surface area contributed by atoms with E-state index in [1.54, 1.807) is 0 Å². The second-order valence-electron chi connectivity index (χ2n) is 2.76. The van der Waals surface area contributed by atoms with Crippen molar-refractivity contribution in [3.05, 3.63) is 25.3 Å². The van der Waals surface area contributed by atoms with Crippen molar-refractivity contribution >= 4 is 0 Å². The highest BCUT2D eigenvalue weighted by Gasteiger charge is 2.44. The molecule has 0 heteroatoms. The average molecular weight is 108 g/mol. The molecular formula is C8H12. The average Bonchev–Trinajstić information content (AvgIpc) is 2.44. The van der Waals surface area contributed by atoms with E-state index in [1.807, 2.05) is 12.2 Å². The van der Waals surface area contributed by atoms with Crippen LogP contribution in [0.25, 0.3) is 0 Å². The van der Waals surface area contributed by atoms with Crippen molar-refractivity contribution in [2.45, 2.75) is 13.3 Å². The first-order valence-corrected chi connectivity index (χ1v) is 2.99. The van der Waals surface area contributed by atoms with E-state index in [0.29, 0.717) is 11.3 Å². The Morgan fingerprint density at radius 1 is 1.62 bits per heavy atom. The lowest BCUT2D eigenvalue weighted by atomic mass is 10.1. The zero-order valence-electron chi connectivity index (χ0n) is 5.35. The van der Waals surface area contributed by atoms with Crippen LogP contribution in [0.2, 0.25) is 0 Å². The van der Waals surface area contributed by atoms with Gasteiger partial charge in [-0.25, -0.2) is 0 Å². The topological polar surface area (TPSA) is 0 Å². The van der Waals surface area contributed by atoms with Gasteiger partial charge in [0.15, 0.2) is 0 Å². The molecule has 1 saturated carbocycles. The van der Waals surface area contributed by atoms with Gasteiger partial charge >= 0.3 is 0 Å². The summed E-state index contributed by atoms with van der Waals surface area (Å²) in [6.07, 6.45) is 5.29. The largest absolute Gasteiger partial charge is 0.103 e. The van der Waals surface area contributed by atoms with E-state index < -0.39 is 0 Å². The molecule has 1 aliphatic carbocycles. The zero-order valence-corrected chi connectivity index (χ0v) is 5.35. The van der Waals surface area contributed by atoms with Crippen LogP contribution in [0.5, 0.6) is 0 Å². The quantitative estimate of drug-likeness (QED) is 0.476. The second kappa shape index (κ2) is 1.48. The maximum absolute atomic E-state index is 3.74. The fraction of sp³-hybridized carbons (Fsp3) is 0.500. The normalized spacial score (nSPS) is 43.4. The van der Waals surface area contributed by atoms with Crippen LogP contribution in [0, 0.1) is 11.3 Å². The maximum Gasteiger partial charge on any atom is -0.00803 e. The Morgan fingerprint density at radius 2 is 2.25 bits per heavy atom. The van der Waals surface area contributed by atoms with Crippen molar-refractivity contribution < 1.29 is 0 Å². The zero-order chi connectivity index (χ0) is 6.20. The molecule has 0 spiro atoms. The smallest absolute Gasteiger partial charge is 0.00803 e. The van der Waals surface area contributed by atoms with Gasteiger partial charge in [0, 0.05) is 0 Å². The van der Waals surface area contributed by atoms with Gasteiger partial charge in [-0.2, -0.15) is 0 Å². The fourth-order valence-electron chi connectivity index (χ4n) is 1.00. The monoisotopic (exact) mass is 108 g/mol. The third-order valence-electron chi connectivity index (χ3n) is 2.10. The second-order valence-corrected chi connectivity index (χ2v) is 2.76. The SMILES string of the molecule is C=CC1CC1(C)C=C. The molecule has 0 radical (unpaired) electrons. The molecule has 0 amide bonds. The molecular weight excluding hydrogens is 96.1 g/mol. The Kier molecular flexibility index (Phi) is 1.04. The summed E-state index contributed by atoms with van der Waals surface area (Å²) >= 11 is 0. The van der Waals surface area contributed by atoms with E-state index in [1.165, 1.54) is 6.42 Å². The molecule has 0 aromatic heterocycles. The van der Waals surface area contributed by atoms with Gasteiger partial charge in [0.1, 0.15) is 0 Å². The van der Waals surface area contributed by atoms with Gasteiger partial charge in [0.25, 0.3) is 0 Å². The van der Waals surface area contributed by atoms with Crippen molar-refractivity contribution in [2.75, 3.05) is 0 Å². The van der Waals surface area contributed by atoms with Gasteiger partial charge in [0.05, 0.1) is 0 Å². The van der Waals surface area contributed by atoms with Crippen LogP contribution < -0.4 is 0 Å². The van der Waals surface area contributed by atoms with Crippen LogP contribution in [-0.2, 0) is 0 Å². The Hall–Kier alpha value is -0.520. The predicted octanol–water partition coefficient (Wildman–Crippen LogP) is 2.38. The third-order valence-corrected chi connectivity index (χ3v) is 2.10. The molecule has 2 unspecified atom stereocenters. The molecule has 0 heterocycles. The molecule has 0 nitrogen and oxygen atoms in total. The Labute approximate surface area is 50.9 Å². The summed E-state index contributed by atoms with van der Waals surface area (Å²) in [5.41, 5.74) is 0.405. The lowest BCUT2D eigenvalue weighted by Crippen LogP contribution is -1.87. The number of hydrogen-bond acceptors (Lipinski definition) is 0. The number of rotatable bonds is 2. The molecule has 0 aromatic carbocycles. The molecule has 0 saturated heterocycles. The van der Waals surface area contributed by atoms with Crippen molar-refractivity contribution in [3.63, 3.8) is 0 Å². The van der Waals surface area contributed by atoms with E-state index in [0.717, 1.165) is 0 Å². The van der Waals surface area contributed by atoms with Crippen molar-refractivity contribution in [3.8, 4) is 0 Å². The first kappa shape index (κ1) is 5.61. The first-order chi connectivity index (χ1) is 3.73. The predicted molar refractivity (Wildman–Crippen MR) is 36.6 cm³/mol. The standard InChI is InChI=1S/C8H12/c1-4-7-6-8(7,3)5-2/h4-5,7H,1-2,6H2,3H3. The molecule has 0 aliphatic heterocycles. The van der Waals surface area contributed by atoms with E-state index in [4.69, 9.17) is 0 Å². The van der Waals surface area contributed by atoms with Gasteiger partial charge < -0.3 is 0 Å². The molecule has 0 N–H and O–H groups in total. The molecule has 0 bridgehead atoms. The summed E-state index contributed by atoms with van der Waals surface area (Å²) in [6.45, 7) is 9.68. The molecule has 2 atom stereocenters. The van der Waals surface area contributed by atoms with Crippen molar-refractivity contribution in [2.24, 2.45) is 11.3 Å². The number of allylic oxidation sites excluding steroid dienone is 2. The van der Waals surface area contributed by atoms with E-state index in [-0.39, 0.29) is 0 Å². The molecule has 1 aliphatic rings. The van der Waals surface area contributed by atoms with Crippen LogP contribution in [0.15, 0.2) is 25.3 Å². The summed E-state index contributed by atoms with van der Waals surface area (Å²) in [6, 6.07) is 0. The van der Waals surface area contributed by atoms with E-state index in [9.17, 15) is 0 Å². The van der Waals surface area contributed by atoms with Gasteiger partial charge in [0.2, 0.25) is 0 Å². The van der Waals surface area contributed by atoms with Gasteiger partial charge in [-0.05, 0) is 17.8 Å². The van der Waals surface area contributed by atoms with Crippen LogP contribution >= 0.6 is 0 Å². The Morgan fingerprint density at radius 3 is 2.38 bits per heavy atom. The molecule has 8 heavy (non-hydrogen) atoms. The summed E-state index contributed by atoms with van der Waals surface area (Å²) in [4.78, 5) is 0. The minimum absolute atomic E-state index is 0.405. The van der Waals surface area contributed by atoms with E-state index >= 15 is 0 Å². The number of hydrogen-bond donors (Lipinski definition) is 0. The van der Waals surface area contributed by atoms with Crippen LogP contribution in [0.1, 0.15) is 13.3 Å². The minimum atomic E-state index is 0.405. The Bertz CT molecular complexity index is 124. The van der Waals surface area contributed by atoms with Crippen LogP contribution in [-0.4, -0.2) is 0 Å². The Balaban J connectivity index is 2.54. The van der Waals surface area contributed by atoms with Crippen molar-refractivity contribution in [1.29, 1.82) is 0 Å². The summed E-state index contributed by atoms with van der Waals surface area (Å²) < 4.78 is 0. The fourth-order valence-corrected chi connectivity index (χ4v) is 1.00. The third kappa shape index (κ3) is 0.605. The molecule has 44 valence electrons. The first-order valence-electron chi connectivity index (χ1n) is 2.99. The van der Waals surface area contributed by atoms with Crippen LogP contribution in [0.4, 0.5) is 0 Å². The lowest BCUT2D eigenvalue weighted by molar-refractivity contribution is 0.699.